The van der Waals surface area contributed by atoms with Gasteiger partial charge in [-0.3, -0.25) is 0 Å². The van der Waals surface area contributed by atoms with Crippen molar-refractivity contribution in [3.05, 3.63) is 41.3 Å². The van der Waals surface area contributed by atoms with Crippen molar-refractivity contribution in [3.8, 4) is 16.2 Å². The van der Waals surface area contributed by atoms with Crippen LogP contribution in [0.3, 0.4) is 0 Å². The molecule has 0 saturated carbocycles. The van der Waals surface area contributed by atoms with Gasteiger partial charge in [0, 0.05) is 9.75 Å². The van der Waals surface area contributed by atoms with E-state index in [1.54, 1.807) is 18.4 Å². The zero-order chi connectivity index (χ0) is 9.97. The molecule has 0 spiro atoms. The Balaban J connectivity index is 2.41. The van der Waals surface area contributed by atoms with E-state index in [-0.39, 0.29) is 0 Å². The van der Waals surface area contributed by atoms with Crippen LogP contribution in [0, 0.1) is 6.92 Å². The molecule has 0 unspecified atom stereocenters. The first kappa shape index (κ1) is 9.28. The van der Waals surface area contributed by atoms with Gasteiger partial charge in [-0.15, -0.1) is 11.3 Å². The van der Waals surface area contributed by atoms with Crippen molar-refractivity contribution in [2.45, 2.75) is 6.92 Å². The summed E-state index contributed by atoms with van der Waals surface area (Å²) in [5.41, 5.74) is 1.22. The van der Waals surface area contributed by atoms with Gasteiger partial charge in [0.1, 0.15) is 5.75 Å². The average molecular weight is 204 g/mol. The molecular formula is C12H12OS. The molecule has 1 nitrogen and oxygen atoms in total. The van der Waals surface area contributed by atoms with Crippen molar-refractivity contribution in [1.29, 1.82) is 0 Å². The first-order chi connectivity index (χ1) is 6.79. The second-order valence-corrected chi connectivity index (χ2v) is 4.43. The Hall–Kier alpha value is -1.28. The van der Waals surface area contributed by atoms with Crippen molar-refractivity contribution in [2.24, 2.45) is 0 Å². The zero-order valence-corrected chi connectivity index (χ0v) is 9.10. The second-order valence-electron chi connectivity index (χ2n) is 3.14. The summed E-state index contributed by atoms with van der Waals surface area (Å²) in [6.45, 7) is 2.12. The van der Waals surface area contributed by atoms with E-state index in [4.69, 9.17) is 4.74 Å². The van der Waals surface area contributed by atoms with Crippen LogP contribution in [0.4, 0.5) is 0 Å². The Kier molecular flexibility index (Phi) is 2.55. The van der Waals surface area contributed by atoms with Crippen LogP contribution in [0.15, 0.2) is 36.4 Å². The molecule has 0 bridgehead atoms. The predicted octanol–water partition coefficient (Wildman–Crippen LogP) is 3.73. The van der Waals surface area contributed by atoms with Gasteiger partial charge < -0.3 is 4.74 Å². The average Bonchev–Trinajstić information content (AvgIpc) is 2.65. The van der Waals surface area contributed by atoms with Gasteiger partial charge >= 0.3 is 0 Å². The Bertz CT molecular complexity index is 431. The minimum Gasteiger partial charge on any atom is -0.497 e. The van der Waals surface area contributed by atoms with Gasteiger partial charge in [-0.2, -0.15) is 0 Å². The van der Waals surface area contributed by atoms with Crippen LogP contribution < -0.4 is 4.74 Å². The van der Waals surface area contributed by atoms with Gasteiger partial charge in [-0.1, -0.05) is 12.1 Å². The van der Waals surface area contributed by atoms with E-state index >= 15 is 0 Å². The van der Waals surface area contributed by atoms with Crippen molar-refractivity contribution in [1.82, 2.24) is 0 Å². The summed E-state index contributed by atoms with van der Waals surface area (Å²) in [6, 6.07) is 12.4. The van der Waals surface area contributed by atoms with Gasteiger partial charge in [-0.25, -0.2) is 0 Å². The van der Waals surface area contributed by atoms with Crippen LogP contribution in [0.5, 0.6) is 5.75 Å². The number of rotatable bonds is 2. The predicted molar refractivity (Wildman–Crippen MR) is 61.0 cm³/mol. The zero-order valence-electron chi connectivity index (χ0n) is 8.28. The molecule has 1 aromatic carbocycles. The third kappa shape index (κ3) is 1.80. The smallest absolute Gasteiger partial charge is 0.119 e. The summed E-state index contributed by atoms with van der Waals surface area (Å²) >= 11 is 1.80. The molecule has 2 aromatic rings. The van der Waals surface area contributed by atoms with Crippen molar-refractivity contribution in [2.75, 3.05) is 7.11 Å². The highest BCUT2D eigenvalue weighted by Gasteiger charge is 2.01. The maximum Gasteiger partial charge on any atom is 0.119 e. The molecule has 1 heterocycles. The second kappa shape index (κ2) is 3.84. The van der Waals surface area contributed by atoms with Gasteiger partial charge in [-0.05, 0) is 36.8 Å². The number of thiophene rings is 1. The normalized spacial score (nSPS) is 10.1. The minimum atomic E-state index is 0.911. The minimum absolute atomic E-state index is 0.911. The highest BCUT2D eigenvalue weighted by molar-refractivity contribution is 7.15. The van der Waals surface area contributed by atoms with Crippen molar-refractivity contribution >= 4 is 11.3 Å². The quantitative estimate of drug-likeness (QED) is 0.724. The molecule has 0 atom stereocenters. The van der Waals surface area contributed by atoms with Gasteiger partial charge in [0.05, 0.1) is 7.11 Å². The number of aryl methyl sites for hydroxylation is 1. The van der Waals surface area contributed by atoms with E-state index in [2.05, 4.69) is 31.2 Å². The Morgan fingerprint density at radius 3 is 2.64 bits per heavy atom. The van der Waals surface area contributed by atoms with Gasteiger partial charge in [0.15, 0.2) is 0 Å². The molecule has 2 heteroatoms. The molecule has 2 rings (SSSR count). The Morgan fingerprint density at radius 1 is 1.14 bits per heavy atom. The summed E-state index contributed by atoms with van der Waals surface area (Å²) < 4.78 is 5.19. The van der Waals surface area contributed by atoms with Crippen LogP contribution in [0.25, 0.3) is 10.4 Å². The summed E-state index contributed by atoms with van der Waals surface area (Å²) in [5.74, 6) is 0.911. The van der Waals surface area contributed by atoms with Crippen molar-refractivity contribution in [3.63, 3.8) is 0 Å². The molecule has 0 aliphatic heterocycles. The third-order valence-electron chi connectivity index (χ3n) is 2.09. The number of benzene rings is 1. The standard InChI is InChI=1S/C12H12OS/c1-9-6-7-12(14-9)10-4-3-5-11(8-10)13-2/h3-8H,1-2H3. The van der Waals surface area contributed by atoms with Crippen LogP contribution in [0.2, 0.25) is 0 Å². The van der Waals surface area contributed by atoms with Crippen molar-refractivity contribution < 1.29 is 4.74 Å². The fourth-order valence-electron chi connectivity index (χ4n) is 1.37. The monoisotopic (exact) mass is 204 g/mol. The fourth-order valence-corrected chi connectivity index (χ4v) is 2.23. The van der Waals surface area contributed by atoms with Crippen LogP contribution in [-0.2, 0) is 0 Å². The number of hydrogen-bond donors (Lipinski definition) is 0. The van der Waals surface area contributed by atoms with Crippen LogP contribution >= 0.6 is 11.3 Å². The molecule has 0 fully saturated rings. The lowest BCUT2D eigenvalue weighted by Gasteiger charge is -2.01. The van der Waals surface area contributed by atoms with E-state index < -0.39 is 0 Å². The molecule has 1 aromatic heterocycles. The molecule has 0 saturated heterocycles. The summed E-state index contributed by atoms with van der Waals surface area (Å²) in [5, 5.41) is 0. The van der Waals surface area contributed by atoms with E-state index in [1.165, 1.54) is 15.3 Å². The highest BCUT2D eigenvalue weighted by atomic mass is 32.1. The molecular weight excluding hydrogens is 192 g/mol. The maximum atomic E-state index is 5.19. The van der Waals surface area contributed by atoms with Gasteiger partial charge in [0.25, 0.3) is 0 Å². The summed E-state index contributed by atoms with van der Waals surface area (Å²) in [4.78, 5) is 2.63. The summed E-state index contributed by atoms with van der Waals surface area (Å²) in [6.07, 6.45) is 0. The van der Waals surface area contributed by atoms with E-state index in [0.29, 0.717) is 0 Å². The van der Waals surface area contributed by atoms with E-state index in [0.717, 1.165) is 5.75 Å². The van der Waals surface area contributed by atoms with Gasteiger partial charge in [0.2, 0.25) is 0 Å². The van der Waals surface area contributed by atoms with E-state index in [9.17, 15) is 0 Å². The topological polar surface area (TPSA) is 9.23 Å². The molecule has 0 amide bonds. The lowest BCUT2D eigenvalue weighted by molar-refractivity contribution is 0.415. The van der Waals surface area contributed by atoms with E-state index in [1.807, 2.05) is 12.1 Å². The fraction of sp³-hybridized carbons (Fsp3) is 0.167. The van der Waals surface area contributed by atoms with Crippen LogP contribution in [-0.4, -0.2) is 7.11 Å². The number of methoxy groups -OCH3 is 1. The largest absolute Gasteiger partial charge is 0.497 e. The molecule has 0 aliphatic carbocycles. The summed E-state index contributed by atoms with van der Waals surface area (Å²) in [7, 11) is 1.69. The number of ether oxygens (including phenoxy) is 1. The SMILES string of the molecule is COc1cccc(-c2ccc(C)s2)c1. The van der Waals surface area contributed by atoms with Crippen LogP contribution in [0.1, 0.15) is 4.88 Å². The number of hydrogen-bond acceptors (Lipinski definition) is 2. The molecule has 72 valence electrons. The first-order valence-electron chi connectivity index (χ1n) is 4.50. The Morgan fingerprint density at radius 2 is 2.00 bits per heavy atom. The molecule has 0 aliphatic rings. The maximum absolute atomic E-state index is 5.19. The molecule has 0 radical (unpaired) electrons. The Labute approximate surface area is 88.0 Å². The highest BCUT2D eigenvalue weighted by Crippen LogP contribution is 2.29. The lowest BCUT2D eigenvalue weighted by Crippen LogP contribution is -1.81. The third-order valence-corrected chi connectivity index (χ3v) is 3.14. The molecule has 14 heavy (non-hydrogen) atoms. The lowest BCUT2D eigenvalue weighted by atomic mass is 10.2. The first-order valence-corrected chi connectivity index (χ1v) is 5.32. The molecule has 0 N–H and O–H groups in total.